The number of hydrogen-bond donors (Lipinski definition) is 1. The Hall–Kier alpha value is -0.650. The Morgan fingerprint density at radius 1 is 1.27 bits per heavy atom. The van der Waals surface area contributed by atoms with Crippen molar-refractivity contribution in [1.82, 2.24) is 9.80 Å². The van der Waals surface area contributed by atoms with E-state index in [-0.39, 0.29) is 17.4 Å². The zero-order valence-electron chi connectivity index (χ0n) is 14.4. The van der Waals surface area contributed by atoms with E-state index in [4.69, 9.17) is 4.74 Å². The molecule has 2 aliphatic rings. The summed E-state index contributed by atoms with van der Waals surface area (Å²) in [6.07, 6.45) is 3.68. The first-order valence-corrected chi connectivity index (χ1v) is 8.66. The smallest absolute Gasteiger partial charge is 0.222 e. The summed E-state index contributed by atoms with van der Waals surface area (Å²) in [4.78, 5) is 16.5. The molecule has 2 atom stereocenters. The van der Waals surface area contributed by atoms with Crippen LogP contribution in [0.5, 0.6) is 0 Å². The molecule has 0 bridgehead atoms. The number of aliphatic hydroxyl groups is 1. The lowest BCUT2D eigenvalue weighted by atomic mass is 9.89. The van der Waals surface area contributed by atoms with Crippen LogP contribution in [0.2, 0.25) is 0 Å². The number of amides is 1. The highest BCUT2D eigenvalue weighted by Gasteiger charge is 2.28. The van der Waals surface area contributed by atoms with Gasteiger partial charge < -0.3 is 14.7 Å². The number of ether oxygens (including phenoxy) is 1. The molecule has 5 nitrogen and oxygen atoms in total. The summed E-state index contributed by atoms with van der Waals surface area (Å²) in [5, 5.41) is 10.2. The summed E-state index contributed by atoms with van der Waals surface area (Å²) in [7, 11) is 0. The molecule has 1 N–H and O–H groups in total. The molecule has 2 saturated heterocycles. The van der Waals surface area contributed by atoms with Gasteiger partial charge in [0, 0.05) is 45.8 Å². The van der Waals surface area contributed by atoms with Gasteiger partial charge in [0.1, 0.15) is 0 Å². The van der Waals surface area contributed by atoms with E-state index in [1.54, 1.807) is 0 Å². The first-order valence-electron chi connectivity index (χ1n) is 8.66. The predicted octanol–water partition coefficient (Wildman–Crippen LogP) is 1.50. The Bertz CT molecular complexity index is 353. The Morgan fingerprint density at radius 2 is 1.95 bits per heavy atom. The summed E-state index contributed by atoms with van der Waals surface area (Å²) in [5.74, 6) is 0.256. The van der Waals surface area contributed by atoms with Gasteiger partial charge in [-0.25, -0.2) is 0 Å². The average Bonchev–Trinajstić information content (AvgIpc) is 2.98. The van der Waals surface area contributed by atoms with Crippen LogP contribution in [-0.4, -0.2) is 72.4 Å². The SMILES string of the molecule is CC(C)(C)[C@@H](O)CN1CCN(C(=O)CC[C@@H]2CCCO2)CC1. The van der Waals surface area contributed by atoms with Crippen LogP contribution in [0.4, 0.5) is 0 Å². The van der Waals surface area contributed by atoms with Crippen molar-refractivity contribution in [2.24, 2.45) is 5.41 Å². The van der Waals surface area contributed by atoms with Crippen molar-refractivity contribution in [3.8, 4) is 0 Å². The molecule has 2 fully saturated rings. The fourth-order valence-electron chi connectivity index (χ4n) is 3.01. The average molecular weight is 312 g/mol. The third-order valence-electron chi connectivity index (χ3n) is 4.86. The number of nitrogens with zero attached hydrogens (tertiary/aromatic N) is 2. The van der Waals surface area contributed by atoms with Gasteiger partial charge in [0.15, 0.2) is 0 Å². The number of aliphatic hydroxyl groups excluding tert-OH is 1. The minimum absolute atomic E-state index is 0.0891. The van der Waals surface area contributed by atoms with Gasteiger partial charge in [-0.2, -0.15) is 0 Å². The number of rotatable bonds is 5. The molecule has 2 heterocycles. The lowest BCUT2D eigenvalue weighted by molar-refractivity contribution is -0.133. The van der Waals surface area contributed by atoms with E-state index in [0.717, 1.165) is 52.0 Å². The molecule has 0 aromatic carbocycles. The van der Waals surface area contributed by atoms with Crippen molar-refractivity contribution in [1.29, 1.82) is 0 Å². The van der Waals surface area contributed by atoms with E-state index in [9.17, 15) is 9.90 Å². The van der Waals surface area contributed by atoms with E-state index in [1.165, 1.54) is 0 Å². The van der Waals surface area contributed by atoms with E-state index < -0.39 is 0 Å². The van der Waals surface area contributed by atoms with Crippen molar-refractivity contribution in [3.05, 3.63) is 0 Å². The van der Waals surface area contributed by atoms with Gasteiger partial charge in [-0.1, -0.05) is 20.8 Å². The number of carbonyl (C=O) groups excluding carboxylic acids is 1. The van der Waals surface area contributed by atoms with Crippen molar-refractivity contribution >= 4 is 5.91 Å². The maximum absolute atomic E-state index is 12.2. The number of hydrogen-bond acceptors (Lipinski definition) is 4. The molecular formula is C17H32N2O3. The van der Waals surface area contributed by atoms with Crippen LogP contribution >= 0.6 is 0 Å². The Balaban J connectivity index is 1.66. The summed E-state index contributed by atoms with van der Waals surface area (Å²) in [5.41, 5.74) is -0.0891. The van der Waals surface area contributed by atoms with E-state index in [0.29, 0.717) is 19.1 Å². The minimum atomic E-state index is -0.325. The Morgan fingerprint density at radius 3 is 2.50 bits per heavy atom. The highest BCUT2D eigenvalue weighted by atomic mass is 16.5. The number of piperazine rings is 1. The lowest BCUT2D eigenvalue weighted by Gasteiger charge is -2.38. The molecule has 0 aromatic heterocycles. The van der Waals surface area contributed by atoms with Crippen LogP contribution in [-0.2, 0) is 9.53 Å². The standard InChI is InChI=1S/C17H32N2O3/c1-17(2,3)15(20)13-18-8-10-19(11-9-18)16(21)7-6-14-5-4-12-22-14/h14-15,20H,4-13H2,1-3H3/t14-,15-/m0/s1. The third-order valence-corrected chi connectivity index (χ3v) is 4.86. The number of β-amino-alcohol motifs (C(OH)–C–C–N with tert-alkyl or cyclic N) is 1. The Labute approximate surface area is 134 Å². The fourth-order valence-corrected chi connectivity index (χ4v) is 3.01. The largest absolute Gasteiger partial charge is 0.391 e. The molecule has 128 valence electrons. The molecule has 0 aromatic rings. The highest BCUT2D eigenvalue weighted by Crippen LogP contribution is 2.21. The van der Waals surface area contributed by atoms with Crippen molar-refractivity contribution in [3.63, 3.8) is 0 Å². The van der Waals surface area contributed by atoms with Crippen LogP contribution in [0.3, 0.4) is 0 Å². The molecule has 22 heavy (non-hydrogen) atoms. The summed E-state index contributed by atoms with van der Waals surface area (Å²) in [6, 6.07) is 0. The molecule has 0 radical (unpaired) electrons. The summed E-state index contributed by atoms with van der Waals surface area (Å²) < 4.78 is 5.58. The second kappa shape index (κ2) is 7.75. The highest BCUT2D eigenvalue weighted by molar-refractivity contribution is 5.76. The van der Waals surface area contributed by atoms with Crippen LogP contribution in [0.1, 0.15) is 46.5 Å². The molecule has 0 spiro atoms. The van der Waals surface area contributed by atoms with Crippen molar-refractivity contribution in [2.75, 3.05) is 39.3 Å². The third kappa shape index (κ3) is 5.21. The van der Waals surface area contributed by atoms with Crippen LogP contribution in [0, 0.1) is 5.41 Å². The van der Waals surface area contributed by atoms with Crippen molar-refractivity contribution < 1.29 is 14.6 Å². The van der Waals surface area contributed by atoms with Crippen LogP contribution in [0.25, 0.3) is 0 Å². The maximum Gasteiger partial charge on any atom is 0.222 e. The van der Waals surface area contributed by atoms with E-state index in [2.05, 4.69) is 25.7 Å². The van der Waals surface area contributed by atoms with E-state index >= 15 is 0 Å². The lowest BCUT2D eigenvalue weighted by Crippen LogP contribution is -2.51. The normalized spacial score (nSPS) is 25.5. The van der Waals surface area contributed by atoms with Gasteiger partial charge >= 0.3 is 0 Å². The van der Waals surface area contributed by atoms with Gasteiger partial charge in [0.2, 0.25) is 5.91 Å². The van der Waals surface area contributed by atoms with Crippen LogP contribution < -0.4 is 0 Å². The topological polar surface area (TPSA) is 53.0 Å². The first kappa shape index (κ1) is 17.7. The molecular weight excluding hydrogens is 280 g/mol. The van der Waals surface area contributed by atoms with Gasteiger partial charge in [0.25, 0.3) is 0 Å². The van der Waals surface area contributed by atoms with Gasteiger partial charge in [-0.05, 0) is 24.7 Å². The molecule has 2 rings (SSSR count). The van der Waals surface area contributed by atoms with Gasteiger partial charge in [0.05, 0.1) is 12.2 Å². The maximum atomic E-state index is 12.2. The molecule has 5 heteroatoms. The minimum Gasteiger partial charge on any atom is -0.391 e. The molecule has 0 unspecified atom stereocenters. The zero-order chi connectivity index (χ0) is 16.2. The second-order valence-corrected chi connectivity index (χ2v) is 7.74. The van der Waals surface area contributed by atoms with Crippen molar-refractivity contribution in [2.45, 2.75) is 58.7 Å². The number of carbonyl (C=O) groups is 1. The fraction of sp³-hybridized carbons (Fsp3) is 0.941. The van der Waals surface area contributed by atoms with Crippen LogP contribution in [0.15, 0.2) is 0 Å². The molecule has 2 aliphatic heterocycles. The molecule has 0 saturated carbocycles. The second-order valence-electron chi connectivity index (χ2n) is 7.74. The summed E-state index contributed by atoms with van der Waals surface area (Å²) >= 11 is 0. The van der Waals surface area contributed by atoms with Gasteiger partial charge in [-0.3, -0.25) is 9.69 Å². The monoisotopic (exact) mass is 312 g/mol. The molecule has 0 aliphatic carbocycles. The predicted molar refractivity (Wildman–Crippen MR) is 86.7 cm³/mol. The van der Waals surface area contributed by atoms with E-state index in [1.807, 2.05) is 4.90 Å². The zero-order valence-corrected chi connectivity index (χ0v) is 14.4. The summed E-state index contributed by atoms with van der Waals surface area (Å²) in [6.45, 7) is 11.0. The Kier molecular flexibility index (Phi) is 6.24. The first-order chi connectivity index (χ1) is 10.4. The van der Waals surface area contributed by atoms with Gasteiger partial charge in [-0.15, -0.1) is 0 Å². The quantitative estimate of drug-likeness (QED) is 0.836. The molecule has 1 amide bonds.